The van der Waals surface area contributed by atoms with Crippen molar-refractivity contribution in [1.82, 2.24) is 9.88 Å². The van der Waals surface area contributed by atoms with Crippen LogP contribution in [0.4, 0.5) is 11.5 Å². The zero-order chi connectivity index (χ0) is 19.5. The largest absolute Gasteiger partial charge is 0.481 e. The maximum Gasteiger partial charge on any atom is 0.306 e. The summed E-state index contributed by atoms with van der Waals surface area (Å²) in [5, 5.41) is 12.5. The summed E-state index contributed by atoms with van der Waals surface area (Å²) in [7, 11) is 0. The number of rotatable bonds is 6. The minimum Gasteiger partial charge on any atom is -0.481 e. The molecule has 1 atom stereocenters. The van der Waals surface area contributed by atoms with Crippen molar-refractivity contribution >= 4 is 29.2 Å². The Morgan fingerprint density at radius 1 is 1.32 bits per heavy atom. The van der Waals surface area contributed by atoms with Crippen LogP contribution in [-0.2, 0) is 11.3 Å². The number of carboxylic acids is 1. The molecular weight excluding hydrogens is 370 g/mol. The Hall–Kier alpha value is -2.05. The van der Waals surface area contributed by atoms with Gasteiger partial charge in [0.15, 0.2) is 0 Å². The van der Waals surface area contributed by atoms with Crippen LogP contribution in [0.15, 0.2) is 46.3 Å². The molecule has 0 bridgehead atoms. The van der Waals surface area contributed by atoms with E-state index < -0.39 is 5.97 Å². The van der Waals surface area contributed by atoms with Crippen molar-refractivity contribution < 1.29 is 9.90 Å². The number of anilines is 2. The fourth-order valence-electron chi connectivity index (χ4n) is 3.98. The van der Waals surface area contributed by atoms with Gasteiger partial charge in [0.25, 0.3) is 0 Å². The topological polar surface area (TPSA) is 65.5 Å². The van der Waals surface area contributed by atoms with Crippen molar-refractivity contribution in [3.63, 3.8) is 0 Å². The van der Waals surface area contributed by atoms with E-state index in [-0.39, 0.29) is 5.92 Å². The maximum absolute atomic E-state index is 11.0. The van der Waals surface area contributed by atoms with Gasteiger partial charge >= 0.3 is 5.97 Å². The summed E-state index contributed by atoms with van der Waals surface area (Å²) in [5.74, 6) is 0.712. The molecule has 1 unspecified atom stereocenters. The van der Waals surface area contributed by atoms with Crippen LogP contribution in [0.5, 0.6) is 0 Å². The van der Waals surface area contributed by atoms with E-state index in [1.807, 2.05) is 19.2 Å². The maximum atomic E-state index is 11.0. The van der Waals surface area contributed by atoms with Crippen LogP contribution in [0, 0.1) is 11.8 Å². The molecule has 0 aliphatic carbocycles. The first-order valence-corrected chi connectivity index (χ1v) is 10.9. The molecule has 2 aromatic rings. The van der Waals surface area contributed by atoms with E-state index in [1.54, 1.807) is 11.8 Å². The summed E-state index contributed by atoms with van der Waals surface area (Å²) < 4.78 is 0. The highest BCUT2D eigenvalue weighted by atomic mass is 32.2. The lowest BCUT2D eigenvalue weighted by molar-refractivity contribution is -0.141. The SMILES string of the molecule is CC(CCC1CCN(Cc2ccc3c(c2)Nc2ncccc2S3)CC1)C(=O)O. The van der Waals surface area contributed by atoms with Crippen LogP contribution >= 0.6 is 11.8 Å². The number of hydrogen-bond donors (Lipinski definition) is 2. The lowest BCUT2D eigenvalue weighted by Crippen LogP contribution is -2.33. The third kappa shape index (κ3) is 4.50. The van der Waals surface area contributed by atoms with E-state index >= 15 is 0 Å². The van der Waals surface area contributed by atoms with Gasteiger partial charge in [-0.05, 0) is 74.5 Å². The van der Waals surface area contributed by atoms with Gasteiger partial charge in [-0.1, -0.05) is 24.8 Å². The van der Waals surface area contributed by atoms with Crippen LogP contribution < -0.4 is 5.32 Å². The molecule has 2 aliphatic heterocycles. The van der Waals surface area contributed by atoms with Gasteiger partial charge in [-0.2, -0.15) is 0 Å². The van der Waals surface area contributed by atoms with E-state index in [2.05, 4.69) is 39.5 Å². The van der Waals surface area contributed by atoms with Gasteiger partial charge in [-0.3, -0.25) is 9.69 Å². The second-order valence-corrected chi connectivity index (χ2v) is 9.03. The normalized spacial score (nSPS) is 18.0. The monoisotopic (exact) mass is 397 g/mol. The van der Waals surface area contributed by atoms with Crippen LogP contribution in [-0.4, -0.2) is 34.0 Å². The molecule has 1 aromatic heterocycles. The number of nitrogens with zero attached hydrogens (tertiary/aromatic N) is 2. The number of aliphatic carboxylic acids is 1. The first kappa shape index (κ1) is 19.3. The van der Waals surface area contributed by atoms with E-state index in [0.29, 0.717) is 5.92 Å². The molecule has 5 nitrogen and oxygen atoms in total. The Bertz CT molecular complexity index is 849. The number of piperidine rings is 1. The Kier molecular flexibility index (Phi) is 5.87. The van der Waals surface area contributed by atoms with Gasteiger partial charge in [-0.15, -0.1) is 0 Å². The van der Waals surface area contributed by atoms with Crippen LogP contribution in [0.2, 0.25) is 0 Å². The van der Waals surface area contributed by atoms with Gasteiger partial charge in [0.2, 0.25) is 0 Å². The van der Waals surface area contributed by atoms with Gasteiger partial charge in [-0.25, -0.2) is 4.98 Å². The summed E-state index contributed by atoms with van der Waals surface area (Å²) in [6.45, 7) is 4.96. The quantitative estimate of drug-likeness (QED) is 0.610. The first-order valence-electron chi connectivity index (χ1n) is 10.1. The minimum absolute atomic E-state index is 0.224. The molecular formula is C22H27N3O2S. The zero-order valence-electron chi connectivity index (χ0n) is 16.2. The second-order valence-electron chi connectivity index (χ2n) is 7.94. The summed E-state index contributed by atoms with van der Waals surface area (Å²) in [6.07, 6.45) is 5.99. The summed E-state index contributed by atoms with van der Waals surface area (Å²) in [5.41, 5.74) is 2.47. The fraction of sp³-hybridized carbons (Fsp3) is 0.455. The molecule has 0 radical (unpaired) electrons. The lowest BCUT2D eigenvalue weighted by atomic mass is 9.89. The van der Waals surface area contributed by atoms with Gasteiger partial charge < -0.3 is 10.4 Å². The van der Waals surface area contributed by atoms with E-state index in [0.717, 1.165) is 44.0 Å². The number of nitrogens with one attached hydrogen (secondary N) is 1. The van der Waals surface area contributed by atoms with Crippen LogP contribution in [0.3, 0.4) is 0 Å². The molecule has 148 valence electrons. The minimum atomic E-state index is -0.672. The number of likely N-dealkylation sites (tertiary alicyclic amines) is 1. The van der Waals surface area contributed by atoms with Crippen molar-refractivity contribution in [1.29, 1.82) is 0 Å². The average molecular weight is 398 g/mol. The standard InChI is InChI=1S/C22H27N3O2S/c1-15(22(26)27)4-5-16-8-11-25(12-9-16)14-17-6-7-19-18(13-17)24-21-20(28-19)3-2-10-23-21/h2-3,6-7,10,13,15-16H,4-5,8-9,11-12,14H2,1H3,(H,23,24)(H,26,27). The average Bonchev–Trinajstić information content (AvgIpc) is 2.71. The highest BCUT2D eigenvalue weighted by Crippen LogP contribution is 2.43. The highest BCUT2D eigenvalue weighted by Gasteiger charge is 2.22. The molecule has 0 spiro atoms. The summed E-state index contributed by atoms with van der Waals surface area (Å²) in [6, 6.07) is 10.8. The number of pyridine rings is 1. The van der Waals surface area contributed by atoms with Crippen LogP contribution in [0.1, 0.15) is 38.2 Å². The Balaban J connectivity index is 1.30. The molecule has 1 fully saturated rings. The molecule has 3 heterocycles. The predicted octanol–water partition coefficient (Wildman–Crippen LogP) is 5.00. The molecule has 2 aliphatic rings. The van der Waals surface area contributed by atoms with Gasteiger partial charge in [0.05, 0.1) is 16.5 Å². The van der Waals surface area contributed by atoms with E-state index in [9.17, 15) is 4.79 Å². The Morgan fingerprint density at radius 3 is 2.93 bits per heavy atom. The van der Waals surface area contributed by atoms with Crippen molar-refractivity contribution in [3.8, 4) is 0 Å². The second kappa shape index (κ2) is 8.53. The van der Waals surface area contributed by atoms with Crippen molar-refractivity contribution in [2.75, 3.05) is 18.4 Å². The third-order valence-corrected chi connectivity index (χ3v) is 6.96. The van der Waals surface area contributed by atoms with Crippen molar-refractivity contribution in [2.45, 2.75) is 48.9 Å². The van der Waals surface area contributed by atoms with Crippen molar-refractivity contribution in [3.05, 3.63) is 42.1 Å². The number of carboxylic acid groups (broad SMARTS) is 1. The van der Waals surface area contributed by atoms with Gasteiger partial charge in [0.1, 0.15) is 5.82 Å². The highest BCUT2D eigenvalue weighted by molar-refractivity contribution is 7.99. The molecule has 1 saturated heterocycles. The molecule has 0 saturated carbocycles. The Labute approximate surface area is 170 Å². The predicted molar refractivity (Wildman–Crippen MR) is 112 cm³/mol. The Morgan fingerprint density at radius 2 is 2.14 bits per heavy atom. The summed E-state index contributed by atoms with van der Waals surface area (Å²) in [4.78, 5) is 20.3. The zero-order valence-corrected chi connectivity index (χ0v) is 17.0. The van der Waals surface area contributed by atoms with Gasteiger partial charge in [0, 0.05) is 17.6 Å². The number of carbonyl (C=O) groups is 1. The van der Waals surface area contributed by atoms with E-state index in [4.69, 9.17) is 5.11 Å². The number of benzene rings is 1. The number of fused-ring (bicyclic) bond motifs is 2. The third-order valence-electron chi connectivity index (χ3n) is 5.83. The van der Waals surface area contributed by atoms with E-state index in [1.165, 1.54) is 28.2 Å². The lowest BCUT2D eigenvalue weighted by Gasteiger charge is -2.32. The van der Waals surface area contributed by atoms with Crippen LogP contribution in [0.25, 0.3) is 0 Å². The fourth-order valence-corrected chi connectivity index (χ4v) is 4.92. The molecule has 1 aromatic carbocycles. The number of hydrogen-bond acceptors (Lipinski definition) is 5. The summed E-state index contributed by atoms with van der Waals surface area (Å²) >= 11 is 1.77. The molecule has 28 heavy (non-hydrogen) atoms. The first-order chi connectivity index (χ1) is 13.6. The number of aromatic nitrogens is 1. The molecule has 4 rings (SSSR count). The molecule has 6 heteroatoms. The smallest absolute Gasteiger partial charge is 0.306 e. The molecule has 0 amide bonds. The van der Waals surface area contributed by atoms with Crippen molar-refractivity contribution in [2.24, 2.45) is 11.8 Å². The molecule has 2 N–H and O–H groups in total.